The number of nitrogens with zero attached hydrogens (tertiary/aromatic N) is 2. The van der Waals surface area contributed by atoms with Gasteiger partial charge in [-0.25, -0.2) is 0 Å². The predicted molar refractivity (Wildman–Crippen MR) is 210 cm³/mol. The van der Waals surface area contributed by atoms with E-state index in [1.165, 1.54) is 27.8 Å². The van der Waals surface area contributed by atoms with Crippen LogP contribution in [0.4, 0.5) is 34.1 Å². The van der Waals surface area contributed by atoms with E-state index in [1.807, 2.05) is 48.5 Å². The van der Waals surface area contributed by atoms with Crippen LogP contribution < -0.4 is 68.4 Å². The first-order valence-corrected chi connectivity index (χ1v) is 18.2. The van der Waals surface area contributed by atoms with Gasteiger partial charge in [-0.1, -0.05) is 89.8 Å². The molecule has 8 aliphatic heterocycles. The summed E-state index contributed by atoms with van der Waals surface area (Å²) in [5.41, 5.74) is 19.3. The molecule has 8 aliphatic rings. The molecule has 0 spiro atoms. The molecular weight excluding hydrogens is 653 g/mol. The minimum atomic E-state index is -0.192. The van der Waals surface area contributed by atoms with Gasteiger partial charge in [0, 0.05) is 33.6 Å². The smallest absolute Gasteiger partial charge is 0.252 e. The molecule has 0 saturated heterocycles. The summed E-state index contributed by atoms with van der Waals surface area (Å²) in [7, 11) is 0. The number of ketones is 2. The van der Waals surface area contributed by atoms with Crippen molar-refractivity contribution >= 4 is 115 Å². The van der Waals surface area contributed by atoms with Crippen molar-refractivity contribution in [1.29, 1.82) is 0 Å². The van der Waals surface area contributed by atoms with Crippen LogP contribution in [0.2, 0.25) is 0 Å². The van der Waals surface area contributed by atoms with Gasteiger partial charge in [0.2, 0.25) is 13.4 Å². The molecular formula is C44H19B3N2O4. The van der Waals surface area contributed by atoms with Gasteiger partial charge in [0.15, 0.2) is 34.6 Å². The Bertz CT molecular complexity index is 2920. The molecule has 0 saturated carbocycles. The van der Waals surface area contributed by atoms with Crippen molar-refractivity contribution in [3.05, 3.63) is 138 Å². The van der Waals surface area contributed by atoms with Crippen molar-refractivity contribution < 1.29 is 19.1 Å². The van der Waals surface area contributed by atoms with Crippen molar-refractivity contribution in [3.8, 4) is 23.0 Å². The fraction of sp³-hybridized carbons (Fsp3) is 0. The Morgan fingerprint density at radius 1 is 0.358 bits per heavy atom. The Kier molecular flexibility index (Phi) is 4.02. The van der Waals surface area contributed by atoms with E-state index in [-0.39, 0.29) is 31.7 Å². The Hall–Kier alpha value is -6.73. The summed E-state index contributed by atoms with van der Waals surface area (Å²) >= 11 is 0. The van der Waals surface area contributed by atoms with Gasteiger partial charge >= 0.3 is 0 Å². The highest BCUT2D eigenvalue weighted by atomic mass is 16.5. The summed E-state index contributed by atoms with van der Waals surface area (Å²) in [6.07, 6.45) is 0. The van der Waals surface area contributed by atoms with E-state index >= 15 is 0 Å². The summed E-state index contributed by atoms with van der Waals surface area (Å²) in [6.45, 7) is -0.493. The Morgan fingerprint density at radius 3 is 1.30 bits per heavy atom. The lowest BCUT2D eigenvalue weighted by atomic mass is 9.25. The normalized spacial score (nSPS) is 16.1. The molecule has 0 atom stereocenters. The molecule has 0 unspecified atom stereocenters. The van der Waals surface area contributed by atoms with Crippen molar-refractivity contribution in [1.82, 2.24) is 0 Å². The molecule has 0 N–H and O–H groups in total. The maximum Gasteiger partial charge on any atom is 0.252 e. The zero-order valence-corrected chi connectivity index (χ0v) is 27.7. The van der Waals surface area contributed by atoms with Crippen LogP contribution in [0.1, 0.15) is 31.8 Å². The minimum Gasteiger partial charge on any atom is -0.453 e. The van der Waals surface area contributed by atoms with E-state index in [1.54, 1.807) is 0 Å². The number of benzene rings is 7. The van der Waals surface area contributed by atoms with Gasteiger partial charge < -0.3 is 19.3 Å². The molecule has 0 aliphatic carbocycles. The van der Waals surface area contributed by atoms with Gasteiger partial charge in [-0.2, -0.15) is 0 Å². The molecule has 53 heavy (non-hydrogen) atoms. The zero-order chi connectivity index (χ0) is 34.2. The lowest BCUT2D eigenvalue weighted by molar-refractivity contribution is 0.103. The third kappa shape index (κ3) is 2.58. The third-order valence-corrected chi connectivity index (χ3v) is 13.2. The lowest BCUT2D eigenvalue weighted by Crippen LogP contribution is -2.73. The Balaban J connectivity index is 1.18. The van der Waals surface area contributed by atoms with Crippen LogP contribution in [-0.4, -0.2) is 31.7 Å². The molecule has 8 heterocycles. The maximum absolute atomic E-state index is 14.4. The van der Waals surface area contributed by atoms with E-state index in [4.69, 9.17) is 9.47 Å². The first kappa shape index (κ1) is 26.1. The van der Waals surface area contributed by atoms with Gasteiger partial charge in [-0.15, -0.1) is 0 Å². The molecule has 238 valence electrons. The second kappa shape index (κ2) is 8.16. The Labute approximate surface area is 303 Å². The number of fused-ring (bicyclic) bond motifs is 8. The summed E-state index contributed by atoms with van der Waals surface area (Å²) in [6, 6.07) is 39.4. The van der Waals surface area contributed by atoms with E-state index in [0.717, 1.165) is 101 Å². The predicted octanol–water partition coefficient (Wildman–Crippen LogP) is 2.73. The first-order chi connectivity index (χ1) is 26.2. The van der Waals surface area contributed by atoms with Gasteiger partial charge in [0.1, 0.15) is 0 Å². The van der Waals surface area contributed by atoms with Crippen molar-refractivity contribution in [2.24, 2.45) is 0 Å². The first-order valence-electron chi connectivity index (χ1n) is 18.2. The zero-order valence-electron chi connectivity index (χ0n) is 27.7. The largest absolute Gasteiger partial charge is 0.453 e. The molecule has 9 heteroatoms. The molecule has 6 nitrogen and oxygen atoms in total. The number of anilines is 6. The number of carbonyl (C=O) groups is 2. The Morgan fingerprint density at radius 2 is 0.792 bits per heavy atom. The fourth-order valence-electron chi connectivity index (χ4n) is 11.5. The van der Waals surface area contributed by atoms with Crippen molar-refractivity contribution in [2.45, 2.75) is 0 Å². The number of rotatable bonds is 0. The topological polar surface area (TPSA) is 59.1 Å². The van der Waals surface area contributed by atoms with Crippen LogP contribution in [0.3, 0.4) is 0 Å². The van der Waals surface area contributed by atoms with Crippen LogP contribution in [0, 0.1) is 0 Å². The van der Waals surface area contributed by atoms with Gasteiger partial charge in [-0.05, 0) is 74.6 Å². The quantitative estimate of drug-likeness (QED) is 0.231. The standard InChI is InChI=1S/C44H19B3N2O4/c50-43-20-7-1-3-9-24(20)45-28-19-29-40-36-39(28)48-37-26(11-5-13-30(37)52-32-17-15-22(43)34(45)41(32)48)47(36)27-12-6-14-31-38(27)49(40)42-33(53-31)18-16-23-35(42)46(29)25-10-4-2-8-21(25)44(23)51/h1-19H. The molecule has 15 rings (SSSR count). The third-order valence-electron chi connectivity index (χ3n) is 13.2. The minimum absolute atomic E-state index is 0.0481. The summed E-state index contributed by atoms with van der Waals surface area (Å²) in [4.78, 5) is 33.6. The number of hydrogen-bond acceptors (Lipinski definition) is 6. The highest BCUT2D eigenvalue weighted by molar-refractivity contribution is 7.07. The number of hydrogen-bond donors (Lipinski definition) is 0. The van der Waals surface area contributed by atoms with Crippen molar-refractivity contribution in [2.75, 3.05) is 9.80 Å². The monoisotopic (exact) mass is 672 g/mol. The van der Waals surface area contributed by atoms with Crippen LogP contribution in [-0.2, 0) is 0 Å². The lowest BCUT2D eigenvalue weighted by Gasteiger charge is -2.54. The number of carbonyl (C=O) groups excluding carboxylic acids is 2. The van der Waals surface area contributed by atoms with Crippen LogP contribution in [0.5, 0.6) is 23.0 Å². The average molecular weight is 672 g/mol. The summed E-state index contributed by atoms with van der Waals surface area (Å²) in [5, 5.41) is 0. The van der Waals surface area contributed by atoms with E-state index < -0.39 is 0 Å². The molecule has 0 radical (unpaired) electrons. The highest BCUT2D eigenvalue weighted by Gasteiger charge is 2.57. The van der Waals surface area contributed by atoms with Gasteiger partial charge in [0.25, 0.3) is 6.71 Å². The maximum atomic E-state index is 14.4. The highest BCUT2D eigenvalue weighted by Crippen LogP contribution is 2.57. The molecule has 7 aromatic rings. The van der Waals surface area contributed by atoms with Gasteiger partial charge in [-0.3, -0.25) is 9.59 Å². The van der Waals surface area contributed by atoms with Crippen LogP contribution in [0.15, 0.2) is 115 Å². The number of ether oxygens (including phenoxy) is 2. The van der Waals surface area contributed by atoms with E-state index in [2.05, 4.69) is 76.5 Å². The molecule has 0 aromatic heterocycles. The van der Waals surface area contributed by atoms with Crippen LogP contribution >= 0.6 is 0 Å². The van der Waals surface area contributed by atoms with Crippen LogP contribution in [0.25, 0.3) is 0 Å². The molecule has 7 aromatic carbocycles. The molecule has 0 amide bonds. The van der Waals surface area contributed by atoms with Gasteiger partial charge in [0.05, 0.1) is 22.7 Å². The summed E-state index contributed by atoms with van der Waals surface area (Å²) in [5.74, 6) is 3.25. The SMILES string of the molecule is O=C1c2ccccc2B2c3cc4c5c6c3N3c7c(cccc7B6c6cccc7c6N5c5c(ccc6c5B4c4ccccc4C6=O)O7)Oc4ccc1c2c43. The second-order valence-electron chi connectivity index (χ2n) is 15.3. The fourth-order valence-corrected chi connectivity index (χ4v) is 11.5. The van der Waals surface area contributed by atoms with E-state index in [0.29, 0.717) is 0 Å². The van der Waals surface area contributed by atoms with E-state index in [9.17, 15) is 9.59 Å². The summed E-state index contributed by atoms with van der Waals surface area (Å²) < 4.78 is 13.6. The second-order valence-corrected chi connectivity index (χ2v) is 15.3. The van der Waals surface area contributed by atoms with Crippen molar-refractivity contribution in [3.63, 3.8) is 0 Å². The molecule has 0 fully saturated rings. The molecule has 0 bridgehead atoms. The average Bonchev–Trinajstić information content (AvgIpc) is 3.20. The number of para-hydroxylation sites is 2.